The van der Waals surface area contributed by atoms with Crippen LogP contribution in [0.3, 0.4) is 0 Å². The van der Waals surface area contributed by atoms with Crippen molar-refractivity contribution in [2.45, 2.75) is 5.41 Å². The molecule has 1 aliphatic carbocycles. The van der Waals surface area contributed by atoms with Gasteiger partial charge in [0.2, 0.25) is 0 Å². The maximum atomic E-state index is 2.45. The Bertz CT molecular complexity index is 2640. The van der Waals surface area contributed by atoms with Crippen molar-refractivity contribution in [2.24, 2.45) is 0 Å². The molecule has 0 atom stereocenters. The van der Waals surface area contributed by atoms with E-state index in [0.717, 1.165) is 0 Å². The van der Waals surface area contributed by atoms with Gasteiger partial charge in [-0.25, -0.2) is 0 Å². The van der Waals surface area contributed by atoms with Crippen molar-refractivity contribution in [2.75, 3.05) is 0 Å². The first-order chi connectivity index (χ1) is 24.3. The second-order valence-corrected chi connectivity index (χ2v) is 13.2. The van der Waals surface area contributed by atoms with Gasteiger partial charge < -0.3 is 0 Å². The zero-order valence-corrected chi connectivity index (χ0v) is 27.0. The third kappa shape index (κ3) is 4.11. The summed E-state index contributed by atoms with van der Waals surface area (Å²) < 4.78 is 0. The van der Waals surface area contributed by atoms with E-state index in [1.165, 1.54) is 88.0 Å². The number of rotatable bonds is 4. The lowest BCUT2D eigenvalue weighted by Crippen LogP contribution is -2.28. The van der Waals surface area contributed by atoms with Crippen molar-refractivity contribution in [1.82, 2.24) is 0 Å². The summed E-state index contributed by atoms with van der Waals surface area (Å²) in [5.41, 5.74) is 12.4. The first-order valence-electron chi connectivity index (χ1n) is 17.1. The van der Waals surface area contributed by atoms with Gasteiger partial charge in [0.1, 0.15) is 0 Å². The second-order valence-electron chi connectivity index (χ2n) is 13.2. The fourth-order valence-electron chi connectivity index (χ4n) is 8.60. The Hall–Kier alpha value is -6.24. The summed E-state index contributed by atoms with van der Waals surface area (Å²) in [5, 5.41) is 7.67. The molecule has 0 unspecified atom stereocenters. The van der Waals surface area contributed by atoms with E-state index in [0.29, 0.717) is 0 Å². The lowest BCUT2D eigenvalue weighted by Gasteiger charge is -2.35. The molecular weight excluding hydrogens is 589 g/mol. The van der Waals surface area contributed by atoms with Gasteiger partial charge >= 0.3 is 0 Å². The largest absolute Gasteiger partial charge is 0.0719 e. The molecule has 0 spiro atoms. The van der Waals surface area contributed by atoms with Crippen LogP contribution in [0.25, 0.3) is 65.7 Å². The molecule has 1 aliphatic rings. The highest BCUT2D eigenvalue weighted by atomic mass is 14.5. The van der Waals surface area contributed by atoms with Gasteiger partial charge in [0.15, 0.2) is 0 Å². The van der Waals surface area contributed by atoms with Gasteiger partial charge in [0.25, 0.3) is 0 Å². The van der Waals surface area contributed by atoms with Crippen molar-refractivity contribution in [3.63, 3.8) is 0 Å². The SMILES string of the molecule is c1ccc(-c2ccc3c(c2)C(c2ccccc2)(c2ccccc2)c2c-3ccc3c2ccc2cc(-c4cccc5ccccc45)ccc23)cc1. The van der Waals surface area contributed by atoms with Crippen LogP contribution >= 0.6 is 0 Å². The van der Waals surface area contributed by atoms with Crippen LogP contribution in [0, 0.1) is 0 Å². The van der Waals surface area contributed by atoms with Crippen molar-refractivity contribution in [3.8, 4) is 33.4 Å². The number of benzene rings is 9. The molecule has 0 N–H and O–H groups in total. The van der Waals surface area contributed by atoms with E-state index in [9.17, 15) is 0 Å². The van der Waals surface area contributed by atoms with Crippen LogP contribution in [-0.2, 0) is 5.41 Å². The topological polar surface area (TPSA) is 0 Å². The van der Waals surface area contributed by atoms with E-state index in [-0.39, 0.29) is 0 Å². The fraction of sp³-hybridized carbons (Fsp3) is 0.0204. The van der Waals surface area contributed by atoms with Crippen LogP contribution in [0.15, 0.2) is 194 Å². The molecule has 0 aliphatic heterocycles. The molecule has 0 radical (unpaired) electrons. The maximum absolute atomic E-state index is 2.45. The highest BCUT2D eigenvalue weighted by molar-refractivity contribution is 6.13. The molecule has 0 heterocycles. The molecule has 0 fully saturated rings. The lowest BCUT2D eigenvalue weighted by molar-refractivity contribution is 0.776. The molecule has 10 rings (SSSR count). The average molecular weight is 621 g/mol. The fourth-order valence-corrected chi connectivity index (χ4v) is 8.60. The summed E-state index contributed by atoms with van der Waals surface area (Å²) in [6, 6.07) is 71.9. The first kappa shape index (κ1) is 27.8. The highest BCUT2D eigenvalue weighted by Gasteiger charge is 2.47. The molecular formula is C49H32. The monoisotopic (exact) mass is 620 g/mol. The minimum Gasteiger partial charge on any atom is -0.0622 e. The Balaban J connectivity index is 1.27. The number of fused-ring (bicyclic) bond motifs is 8. The van der Waals surface area contributed by atoms with Gasteiger partial charge in [0.05, 0.1) is 5.41 Å². The zero-order valence-electron chi connectivity index (χ0n) is 27.0. The molecule has 0 aromatic heterocycles. The van der Waals surface area contributed by atoms with Gasteiger partial charge in [-0.2, -0.15) is 0 Å². The molecule has 0 saturated carbocycles. The van der Waals surface area contributed by atoms with Crippen LogP contribution < -0.4 is 0 Å². The van der Waals surface area contributed by atoms with Gasteiger partial charge in [-0.05, 0) is 100 Å². The summed E-state index contributed by atoms with van der Waals surface area (Å²) in [6.45, 7) is 0. The van der Waals surface area contributed by atoms with Crippen molar-refractivity contribution >= 4 is 32.3 Å². The highest BCUT2D eigenvalue weighted by Crippen LogP contribution is 2.59. The van der Waals surface area contributed by atoms with Crippen molar-refractivity contribution in [3.05, 3.63) is 216 Å². The van der Waals surface area contributed by atoms with Crippen LogP contribution in [0.4, 0.5) is 0 Å². The maximum Gasteiger partial charge on any atom is 0.0719 e. The summed E-state index contributed by atoms with van der Waals surface area (Å²) in [7, 11) is 0. The number of hydrogen-bond acceptors (Lipinski definition) is 0. The second kappa shape index (κ2) is 10.9. The Kier molecular flexibility index (Phi) is 6.19. The van der Waals surface area contributed by atoms with Crippen LogP contribution in [0.5, 0.6) is 0 Å². The Morgan fingerprint density at radius 3 is 1.67 bits per heavy atom. The van der Waals surface area contributed by atoms with Crippen LogP contribution in [-0.4, -0.2) is 0 Å². The van der Waals surface area contributed by atoms with E-state index in [4.69, 9.17) is 0 Å². The van der Waals surface area contributed by atoms with Crippen LogP contribution in [0.1, 0.15) is 22.3 Å². The van der Waals surface area contributed by atoms with E-state index in [1.54, 1.807) is 0 Å². The van der Waals surface area contributed by atoms with Gasteiger partial charge in [0, 0.05) is 0 Å². The quantitative estimate of drug-likeness (QED) is 0.172. The first-order valence-corrected chi connectivity index (χ1v) is 17.1. The van der Waals surface area contributed by atoms with Crippen molar-refractivity contribution in [1.29, 1.82) is 0 Å². The normalized spacial score (nSPS) is 13.1. The third-order valence-electron chi connectivity index (χ3n) is 10.7. The van der Waals surface area contributed by atoms with Crippen molar-refractivity contribution < 1.29 is 0 Å². The standard InChI is InChI=1S/C49H32/c1-4-13-33(14-5-1)35-23-27-44-46-30-29-43-42-26-24-36(41-22-12-16-34-15-10-11-21-40(34)41)31-37(42)25-28-45(43)48(46)49(47(44)32-35,38-17-6-2-7-18-38)39-19-8-3-9-20-39/h1-32H. The molecule has 0 heteroatoms. The Morgan fingerprint density at radius 1 is 0.286 bits per heavy atom. The molecule has 228 valence electrons. The molecule has 0 saturated heterocycles. The predicted molar refractivity (Wildman–Crippen MR) is 207 cm³/mol. The third-order valence-corrected chi connectivity index (χ3v) is 10.7. The minimum atomic E-state index is -0.492. The van der Waals surface area contributed by atoms with E-state index in [1.807, 2.05) is 0 Å². The Labute approximate surface area is 286 Å². The molecule has 0 nitrogen and oxygen atoms in total. The van der Waals surface area contributed by atoms with E-state index in [2.05, 4.69) is 194 Å². The van der Waals surface area contributed by atoms with E-state index < -0.39 is 5.41 Å². The molecule has 0 bridgehead atoms. The zero-order chi connectivity index (χ0) is 32.4. The number of hydrogen-bond donors (Lipinski definition) is 0. The molecule has 49 heavy (non-hydrogen) atoms. The molecule has 0 amide bonds. The van der Waals surface area contributed by atoms with Gasteiger partial charge in [-0.1, -0.05) is 182 Å². The summed E-state index contributed by atoms with van der Waals surface area (Å²) in [4.78, 5) is 0. The average Bonchev–Trinajstić information content (AvgIpc) is 3.49. The van der Waals surface area contributed by atoms with Gasteiger partial charge in [-0.3, -0.25) is 0 Å². The van der Waals surface area contributed by atoms with Crippen LogP contribution in [0.2, 0.25) is 0 Å². The van der Waals surface area contributed by atoms with E-state index >= 15 is 0 Å². The minimum absolute atomic E-state index is 0.492. The summed E-state index contributed by atoms with van der Waals surface area (Å²) in [6.07, 6.45) is 0. The smallest absolute Gasteiger partial charge is 0.0622 e. The summed E-state index contributed by atoms with van der Waals surface area (Å²) in [5.74, 6) is 0. The molecule has 9 aromatic rings. The lowest BCUT2D eigenvalue weighted by atomic mass is 9.66. The predicted octanol–water partition coefficient (Wildman–Crippen LogP) is 12.8. The Morgan fingerprint density at radius 2 is 0.898 bits per heavy atom. The summed E-state index contributed by atoms with van der Waals surface area (Å²) >= 11 is 0. The molecule has 9 aromatic carbocycles. The van der Waals surface area contributed by atoms with Gasteiger partial charge in [-0.15, -0.1) is 0 Å².